The fraction of sp³-hybridized carbons (Fsp3) is 0.708. The van der Waals surface area contributed by atoms with Gasteiger partial charge in [0.15, 0.2) is 0 Å². The van der Waals surface area contributed by atoms with E-state index >= 15 is 0 Å². The van der Waals surface area contributed by atoms with Crippen LogP contribution in [0.2, 0.25) is 0 Å². The van der Waals surface area contributed by atoms with Gasteiger partial charge < -0.3 is 0 Å². The zero-order valence-corrected chi connectivity index (χ0v) is 21.8. The first-order chi connectivity index (χ1) is 14.9. The molecule has 31 heavy (non-hydrogen) atoms. The van der Waals surface area contributed by atoms with Crippen molar-refractivity contribution in [3.8, 4) is 0 Å². The monoisotopic (exact) mass is 467 g/mol. The van der Waals surface area contributed by atoms with Crippen LogP contribution in [0, 0.1) is 5.92 Å². The Morgan fingerprint density at radius 2 is 2.10 bits per heavy atom. The molecule has 0 spiro atoms. The van der Waals surface area contributed by atoms with Crippen LogP contribution in [0.15, 0.2) is 28.9 Å². The van der Waals surface area contributed by atoms with Crippen LogP contribution >= 0.6 is 23.7 Å². The van der Waals surface area contributed by atoms with Crippen molar-refractivity contribution in [1.82, 2.24) is 9.73 Å². The van der Waals surface area contributed by atoms with Crippen molar-refractivity contribution >= 4 is 40.4 Å². The minimum absolute atomic E-state index is 0.0963. The third-order valence-corrected chi connectivity index (χ3v) is 7.45. The van der Waals surface area contributed by atoms with Crippen LogP contribution in [0.1, 0.15) is 86.0 Å². The van der Waals surface area contributed by atoms with E-state index in [0.717, 1.165) is 56.5 Å². The maximum Gasteiger partial charge on any atom is 0.244 e. The van der Waals surface area contributed by atoms with Crippen LogP contribution in [0.4, 0.5) is 0 Å². The number of nitrogens with zero attached hydrogens (tertiary/aromatic N) is 2. The Morgan fingerprint density at radius 3 is 2.65 bits per heavy atom. The number of nitrogens with one attached hydrogen (secondary N) is 1. The number of ketones is 1. The second kappa shape index (κ2) is 14.9. The van der Waals surface area contributed by atoms with E-state index in [-0.39, 0.29) is 16.7 Å². The summed E-state index contributed by atoms with van der Waals surface area (Å²) in [6, 6.07) is 0. The van der Waals surface area contributed by atoms with E-state index in [1.165, 1.54) is 5.57 Å². The van der Waals surface area contributed by atoms with Crippen LogP contribution in [0.5, 0.6) is 0 Å². The quantitative estimate of drug-likeness (QED) is 0.284. The molecule has 0 aromatic heterocycles. The van der Waals surface area contributed by atoms with Gasteiger partial charge >= 0.3 is 0 Å². The molecular formula is C24H41N3O2S2. The first kappa shape index (κ1) is 28.0. The minimum Gasteiger partial charge on any atom is -0.299 e. The molecule has 0 saturated carbocycles. The fourth-order valence-corrected chi connectivity index (χ4v) is 5.18. The highest BCUT2D eigenvalue weighted by atomic mass is 32.2. The number of unbranched alkanes of at least 4 members (excludes halogenated alkanes) is 1. The van der Waals surface area contributed by atoms with Crippen molar-refractivity contribution in [3.63, 3.8) is 0 Å². The number of carbonyl (C=O) groups excluding carboxylic acids is 2. The molecule has 1 aliphatic heterocycles. The molecule has 1 aliphatic carbocycles. The number of amides is 1. The summed E-state index contributed by atoms with van der Waals surface area (Å²) in [6.45, 7) is 10.9. The lowest BCUT2D eigenvalue weighted by Gasteiger charge is -2.38. The number of rotatable bonds is 11. The molecule has 7 heteroatoms. The molecule has 1 heterocycles. The summed E-state index contributed by atoms with van der Waals surface area (Å²) in [7, 11) is 0. The summed E-state index contributed by atoms with van der Waals surface area (Å²) in [6.07, 6.45) is 15.8. The van der Waals surface area contributed by atoms with E-state index < -0.39 is 0 Å². The molecule has 2 atom stereocenters. The summed E-state index contributed by atoms with van der Waals surface area (Å²) in [5.41, 5.74) is 1.31. The predicted octanol–water partition coefficient (Wildman–Crippen LogP) is 6.33. The van der Waals surface area contributed by atoms with Gasteiger partial charge in [0.1, 0.15) is 10.7 Å². The standard InChI is InChI=1S/C15H23N3OS2.C9H18O/c1-4-14(19)18-15(10-11-16-20-3,21-12(2)17-18)13-8-6-5-7-9-13;1-4-6-7-9(10)8(3)5-2/h5-6,8,16H,4,7,9-11H2,1-3H3;8H,4-7H2,1-3H3. The predicted molar refractivity (Wildman–Crippen MR) is 137 cm³/mol. The molecule has 2 rings (SSSR count). The van der Waals surface area contributed by atoms with Gasteiger partial charge in [-0.05, 0) is 50.9 Å². The highest BCUT2D eigenvalue weighted by Crippen LogP contribution is 2.47. The lowest BCUT2D eigenvalue weighted by molar-refractivity contribution is -0.133. The summed E-state index contributed by atoms with van der Waals surface area (Å²) < 4.78 is 3.30. The minimum atomic E-state index is -0.343. The van der Waals surface area contributed by atoms with Crippen molar-refractivity contribution in [3.05, 3.63) is 23.8 Å². The van der Waals surface area contributed by atoms with Gasteiger partial charge in [0.25, 0.3) is 0 Å². The van der Waals surface area contributed by atoms with Crippen LogP contribution in [-0.4, -0.2) is 39.4 Å². The van der Waals surface area contributed by atoms with Gasteiger partial charge in [-0.25, -0.2) is 5.01 Å². The van der Waals surface area contributed by atoms with Crippen molar-refractivity contribution in [2.75, 3.05) is 12.8 Å². The summed E-state index contributed by atoms with van der Waals surface area (Å²) in [5.74, 6) is 0.815. The third kappa shape index (κ3) is 8.43. The number of hydrogen-bond acceptors (Lipinski definition) is 6. The Morgan fingerprint density at radius 1 is 1.35 bits per heavy atom. The second-order valence-corrected chi connectivity index (χ2v) is 10.1. The first-order valence-electron chi connectivity index (χ1n) is 11.6. The molecule has 2 unspecified atom stereocenters. The number of allylic oxidation sites excluding steroid dienone is 3. The van der Waals surface area contributed by atoms with Crippen LogP contribution < -0.4 is 4.72 Å². The van der Waals surface area contributed by atoms with E-state index in [0.29, 0.717) is 12.2 Å². The van der Waals surface area contributed by atoms with Gasteiger partial charge in [-0.1, -0.05) is 76.1 Å². The Hall–Kier alpha value is -1.05. The summed E-state index contributed by atoms with van der Waals surface area (Å²) in [4.78, 5) is 23.2. The van der Waals surface area contributed by atoms with Crippen LogP contribution in [0.3, 0.4) is 0 Å². The maximum atomic E-state index is 12.4. The molecular weight excluding hydrogens is 426 g/mol. The Bertz CT molecular complexity index is 676. The Balaban J connectivity index is 0.000000407. The molecule has 1 amide bonds. The zero-order chi connectivity index (χ0) is 23.3. The van der Waals surface area contributed by atoms with Gasteiger partial charge in [-0.2, -0.15) is 5.10 Å². The van der Waals surface area contributed by atoms with Gasteiger partial charge in [-0.15, -0.1) is 0 Å². The van der Waals surface area contributed by atoms with E-state index in [9.17, 15) is 9.59 Å². The average Bonchev–Trinajstić information content (AvgIpc) is 3.14. The third-order valence-electron chi connectivity index (χ3n) is 5.60. The first-order valence-corrected chi connectivity index (χ1v) is 13.6. The van der Waals surface area contributed by atoms with Crippen molar-refractivity contribution in [2.24, 2.45) is 11.0 Å². The summed E-state index contributed by atoms with van der Waals surface area (Å²) in [5, 5.41) is 7.24. The van der Waals surface area contributed by atoms with Crippen LogP contribution in [-0.2, 0) is 9.59 Å². The zero-order valence-electron chi connectivity index (χ0n) is 20.2. The molecule has 1 N–H and O–H groups in total. The number of carbonyl (C=O) groups is 2. The average molecular weight is 468 g/mol. The van der Waals surface area contributed by atoms with E-state index in [1.807, 2.05) is 27.0 Å². The Labute approximate surface area is 198 Å². The molecule has 2 aliphatic rings. The lowest BCUT2D eigenvalue weighted by Crippen LogP contribution is -2.46. The molecule has 5 nitrogen and oxygen atoms in total. The van der Waals surface area contributed by atoms with E-state index in [4.69, 9.17) is 0 Å². The fourth-order valence-electron chi connectivity index (χ4n) is 3.53. The molecule has 0 fully saturated rings. The highest BCUT2D eigenvalue weighted by molar-refractivity contribution is 8.15. The lowest BCUT2D eigenvalue weighted by atomic mass is 9.94. The molecule has 0 saturated heterocycles. The van der Waals surface area contributed by atoms with Gasteiger partial charge in [0.2, 0.25) is 5.91 Å². The number of hydrazone groups is 1. The van der Waals surface area contributed by atoms with Gasteiger partial charge in [0.05, 0.1) is 5.04 Å². The van der Waals surface area contributed by atoms with Crippen molar-refractivity contribution < 1.29 is 9.59 Å². The maximum absolute atomic E-state index is 12.4. The van der Waals surface area contributed by atoms with Crippen LogP contribution in [0.25, 0.3) is 0 Å². The molecule has 0 aromatic rings. The van der Waals surface area contributed by atoms with Gasteiger partial charge in [-0.3, -0.25) is 14.3 Å². The molecule has 0 bridgehead atoms. The van der Waals surface area contributed by atoms with E-state index in [1.54, 1.807) is 28.7 Å². The number of Topliss-reactive ketones (excluding diaryl/α,β-unsaturated/α-hetero) is 1. The van der Waals surface area contributed by atoms with Gasteiger partial charge in [0, 0.05) is 25.3 Å². The largest absolute Gasteiger partial charge is 0.299 e. The summed E-state index contributed by atoms with van der Waals surface area (Å²) >= 11 is 3.34. The van der Waals surface area contributed by atoms with Crippen molar-refractivity contribution in [1.29, 1.82) is 0 Å². The molecule has 0 aromatic carbocycles. The molecule has 0 radical (unpaired) electrons. The number of hydrogen-bond donors (Lipinski definition) is 1. The SMILES string of the molecule is CCC(=O)N1N=C(C)SC1(CCNSC)C1=CC=CCC1.CCCCC(=O)C(C)CC. The van der Waals surface area contributed by atoms with Crippen molar-refractivity contribution in [2.45, 2.75) is 90.9 Å². The number of thioether (sulfide) groups is 1. The smallest absolute Gasteiger partial charge is 0.244 e. The van der Waals surface area contributed by atoms with E-state index in [2.05, 4.69) is 41.9 Å². The highest BCUT2D eigenvalue weighted by Gasteiger charge is 2.47. The molecule has 176 valence electrons. The topological polar surface area (TPSA) is 61.8 Å². The normalized spacial score (nSPS) is 21.2. The Kier molecular flexibility index (Phi) is 13.5. The second-order valence-electron chi connectivity index (χ2n) is 7.95.